The molecular weight excluding hydrogens is 380 g/mol. The van der Waals surface area contributed by atoms with E-state index in [1.807, 2.05) is 49.4 Å². The van der Waals surface area contributed by atoms with Crippen molar-refractivity contribution in [1.29, 1.82) is 0 Å². The van der Waals surface area contributed by atoms with Gasteiger partial charge in [0.15, 0.2) is 11.5 Å². The van der Waals surface area contributed by atoms with Gasteiger partial charge in [-0.15, -0.1) is 0 Å². The lowest BCUT2D eigenvalue weighted by atomic mass is 10.1. The van der Waals surface area contributed by atoms with E-state index in [1.165, 1.54) is 0 Å². The molecule has 0 atom stereocenters. The molecule has 0 aliphatic carbocycles. The molecule has 0 fully saturated rings. The lowest BCUT2D eigenvalue weighted by Gasteiger charge is -2.18. The number of amidine groups is 1. The van der Waals surface area contributed by atoms with E-state index in [4.69, 9.17) is 9.47 Å². The molecule has 3 aromatic rings. The van der Waals surface area contributed by atoms with E-state index in [1.54, 1.807) is 35.2 Å². The minimum Gasteiger partial charge on any atom is -0.508 e. The van der Waals surface area contributed by atoms with Gasteiger partial charge < -0.3 is 14.6 Å². The monoisotopic (exact) mass is 398 g/mol. The number of hydrogen-bond donors (Lipinski definition) is 1. The van der Waals surface area contributed by atoms with Gasteiger partial charge in [0.2, 0.25) is 6.79 Å². The van der Waals surface area contributed by atoms with Crippen LogP contribution in [0.4, 0.5) is 5.69 Å². The summed E-state index contributed by atoms with van der Waals surface area (Å²) in [6, 6.07) is 19.8. The smallest absolute Gasteiger partial charge is 0.282 e. The molecule has 0 radical (unpaired) electrons. The van der Waals surface area contributed by atoms with Crippen LogP contribution < -0.4 is 14.4 Å². The SMILES string of the molecule is Cc1ccc(C2=N/C(=C/c3ccc4c(c3)OCO4)C(=O)N2c2ccc(O)cc2)cc1. The van der Waals surface area contributed by atoms with Crippen LogP contribution in [0.2, 0.25) is 0 Å². The molecule has 6 nitrogen and oxygen atoms in total. The zero-order valence-electron chi connectivity index (χ0n) is 16.2. The van der Waals surface area contributed by atoms with Crippen molar-refractivity contribution in [3.63, 3.8) is 0 Å². The molecule has 0 unspecified atom stereocenters. The first kappa shape index (κ1) is 18.0. The summed E-state index contributed by atoms with van der Waals surface area (Å²) >= 11 is 0. The Hall–Kier alpha value is -4.06. The maximum Gasteiger partial charge on any atom is 0.282 e. The zero-order valence-corrected chi connectivity index (χ0v) is 16.2. The molecule has 6 heteroatoms. The van der Waals surface area contributed by atoms with Crippen molar-refractivity contribution in [2.24, 2.45) is 4.99 Å². The predicted molar refractivity (Wildman–Crippen MR) is 114 cm³/mol. The van der Waals surface area contributed by atoms with E-state index in [2.05, 4.69) is 4.99 Å². The lowest BCUT2D eigenvalue weighted by molar-refractivity contribution is -0.113. The quantitative estimate of drug-likeness (QED) is 0.669. The fourth-order valence-electron chi connectivity index (χ4n) is 3.41. The van der Waals surface area contributed by atoms with Gasteiger partial charge in [0, 0.05) is 5.56 Å². The molecule has 1 N–H and O–H groups in total. The van der Waals surface area contributed by atoms with Crippen LogP contribution in [-0.4, -0.2) is 23.6 Å². The minimum atomic E-state index is -0.242. The molecule has 1 amide bonds. The predicted octanol–water partition coefficient (Wildman–Crippen LogP) is 4.26. The van der Waals surface area contributed by atoms with Crippen molar-refractivity contribution in [1.82, 2.24) is 0 Å². The van der Waals surface area contributed by atoms with Crippen molar-refractivity contribution in [3.8, 4) is 17.2 Å². The Kier molecular flexibility index (Phi) is 4.25. The van der Waals surface area contributed by atoms with Crippen molar-refractivity contribution >= 4 is 23.5 Å². The van der Waals surface area contributed by atoms with Crippen LogP contribution in [0, 0.1) is 6.92 Å². The number of aryl methyl sites for hydroxylation is 1. The van der Waals surface area contributed by atoms with Gasteiger partial charge in [-0.25, -0.2) is 4.99 Å². The number of aliphatic imine (C=N–C) groups is 1. The highest BCUT2D eigenvalue weighted by molar-refractivity contribution is 6.33. The average Bonchev–Trinajstić information content (AvgIpc) is 3.34. The van der Waals surface area contributed by atoms with E-state index < -0.39 is 0 Å². The summed E-state index contributed by atoms with van der Waals surface area (Å²) < 4.78 is 10.8. The number of fused-ring (bicyclic) bond motifs is 1. The van der Waals surface area contributed by atoms with Gasteiger partial charge >= 0.3 is 0 Å². The lowest BCUT2D eigenvalue weighted by Crippen LogP contribution is -2.32. The molecule has 5 rings (SSSR count). The molecule has 3 aromatic carbocycles. The Balaban J connectivity index is 1.59. The standard InChI is InChI=1S/C24H18N2O4/c1-15-2-5-17(6-3-15)23-25-20(12-16-4-11-21-22(13-16)30-14-29-21)24(28)26(23)18-7-9-19(27)10-8-18/h2-13,27H,14H2,1H3/b20-12+. The van der Waals surface area contributed by atoms with E-state index in [9.17, 15) is 9.90 Å². The van der Waals surface area contributed by atoms with Crippen LogP contribution in [0.3, 0.4) is 0 Å². The average molecular weight is 398 g/mol. The van der Waals surface area contributed by atoms with Crippen molar-refractivity contribution < 1.29 is 19.4 Å². The number of phenolic OH excluding ortho intramolecular Hbond substituents is 1. The number of nitrogens with zero attached hydrogens (tertiary/aromatic N) is 2. The highest BCUT2D eigenvalue weighted by atomic mass is 16.7. The third-order valence-electron chi connectivity index (χ3n) is 4.98. The third-order valence-corrected chi connectivity index (χ3v) is 4.98. The largest absolute Gasteiger partial charge is 0.508 e. The van der Waals surface area contributed by atoms with Gasteiger partial charge in [0.25, 0.3) is 5.91 Å². The number of carbonyl (C=O) groups excluding carboxylic acids is 1. The van der Waals surface area contributed by atoms with Crippen molar-refractivity contribution in [2.75, 3.05) is 11.7 Å². The summed E-state index contributed by atoms with van der Waals surface area (Å²) in [5.41, 5.74) is 3.69. The van der Waals surface area contributed by atoms with Gasteiger partial charge in [-0.3, -0.25) is 9.69 Å². The number of anilines is 1. The van der Waals surface area contributed by atoms with Crippen LogP contribution >= 0.6 is 0 Å². The molecule has 0 aromatic heterocycles. The topological polar surface area (TPSA) is 71.4 Å². The number of phenols is 1. The molecule has 2 aliphatic rings. The Morgan fingerprint density at radius 3 is 2.47 bits per heavy atom. The molecule has 2 heterocycles. The summed E-state index contributed by atoms with van der Waals surface area (Å²) in [6.45, 7) is 2.20. The molecule has 0 spiro atoms. The number of rotatable bonds is 3. The fourth-order valence-corrected chi connectivity index (χ4v) is 3.41. The Morgan fingerprint density at radius 1 is 0.967 bits per heavy atom. The first-order chi connectivity index (χ1) is 14.6. The maximum absolute atomic E-state index is 13.3. The highest BCUT2D eigenvalue weighted by Crippen LogP contribution is 2.34. The van der Waals surface area contributed by atoms with Crippen LogP contribution in [-0.2, 0) is 4.79 Å². The van der Waals surface area contributed by atoms with Gasteiger partial charge in [-0.1, -0.05) is 35.9 Å². The van der Waals surface area contributed by atoms with Crippen LogP contribution in [0.1, 0.15) is 16.7 Å². The highest BCUT2D eigenvalue weighted by Gasteiger charge is 2.32. The van der Waals surface area contributed by atoms with E-state index >= 15 is 0 Å². The minimum absolute atomic E-state index is 0.135. The molecule has 0 saturated heterocycles. The summed E-state index contributed by atoms with van der Waals surface area (Å²) in [4.78, 5) is 19.5. The Morgan fingerprint density at radius 2 is 1.70 bits per heavy atom. The Bertz CT molecular complexity index is 1190. The summed E-state index contributed by atoms with van der Waals surface area (Å²) in [6.07, 6.45) is 1.74. The summed E-state index contributed by atoms with van der Waals surface area (Å²) in [5.74, 6) is 1.76. The first-order valence-corrected chi connectivity index (χ1v) is 9.49. The van der Waals surface area contributed by atoms with Crippen LogP contribution in [0.15, 0.2) is 77.4 Å². The van der Waals surface area contributed by atoms with Gasteiger partial charge in [-0.05, 0) is 55.0 Å². The van der Waals surface area contributed by atoms with E-state index in [-0.39, 0.29) is 18.4 Å². The summed E-state index contributed by atoms with van der Waals surface area (Å²) in [5, 5.41) is 9.64. The second-order valence-corrected chi connectivity index (χ2v) is 7.10. The van der Waals surface area contributed by atoms with Gasteiger partial charge in [0.05, 0.1) is 5.69 Å². The number of carbonyl (C=O) groups is 1. The molecule has 0 bridgehead atoms. The number of ether oxygens (including phenoxy) is 2. The molecule has 30 heavy (non-hydrogen) atoms. The van der Waals surface area contributed by atoms with Crippen molar-refractivity contribution in [3.05, 3.63) is 89.1 Å². The zero-order chi connectivity index (χ0) is 20.7. The van der Waals surface area contributed by atoms with Gasteiger partial charge in [-0.2, -0.15) is 0 Å². The van der Waals surface area contributed by atoms with Gasteiger partial charge in [0.1, 0.15) is 17.3 Å². The molecule has 148 valence electrons. The maximum atomic E-state index is 13.3. The normalized spacial score (nSPS) is 16.3. The van der Waals surface area contributed by atoms with E-state index in [0.717, 1.165) is 16.7 Å². The molecule has 2 aliphatic heterocycles. The number of aromatic hydroxyl groups is 1. The first-order valence-electron chi connectivity index (χ1n) is 9.49. The second-order valence-electron chi connectivity index (χ2n) is 7.10. The molecule has 0 saturated carbocycles. The Labute approximate surface area is 173 Å². The number of amides is 1. The molecular formula is C24H18N2O4. The number of benzene rings is 3. The van der Waals surface area contributed by atoms with Crippen LogP contribution in [0.5, 0.6) is 17.2 Å². The fraction of sp³-hybridized carbons (Fsp3) is 0.0833. The number of hydrogen-bond acceptors (Lipinski definition) is 5. The van der Waals surface area contributed by atoms with Crippen LogP contribution in [0.25, 0.3) is 6.08 Å². The third kappa shape index (κ3) is 3.18. The van der Waals surface area contributed by atoms with E-state index in [0.29, 0.717) is 28.7 Å². The second kappa shape index (κ2) is 7.08. The van der Waals surface area contributed by atoms with Crippen molar-refractivity contribution in [2.45, 2.75) is 6.92 Å². The summed E-state index contributed by atoms with van der Waals surface area (Å²) in [7, 11) is 0.